The van der Waals surface area contributed by atoms with Crippen molar-refractivity contribution in [2.24, 2.45) is 7.05 Å². The Bertz CT molecular complexity index is 782. The van der Waals surface area contributed by atoms with E-state index < -0.39 is 12.0 Å². The molecule has 1 atom stereocenters. The summed E-state index contributed by atoms with van der Waals surface area (Å²) in [6, 6.07) is 6.24. The number of esters is 1. The Morgan fingerprint density at radius 3 is 2.59 bits per heavy atom. The number of rotatable bonds is 4. The summed E-state index contributed by atoms with van der Waals surface area (Å²) >= 11 is 0. The number of ether oxygens (including phenoxy) is 1. The second-order valence-electron chi connectivity index (χ2n) is 4.91. The zero-order valence-corrected chi connectivity index (χ0v) is 12.6. The molecule has 2 aromatic rings. The van der Waals surface area contributed by atoms with Crippen LogP contribution in [0.4, 0.5) is 0 Å². The Morgan fingerprint density at radius 1 is 1.32 bits per heavy atom. The van der Waals surface area contributed by atoms with Gasteiger partial charge in [0.1, 0.15) is 6.04 Å². The van der Waals surface area contributed by atoms with Gasteiger partial charge in [-0.3, -0.25) is 9.59 Å². The zero-order chi connectivity index (χ0) is 16.3. The lowest BCUT2D eigenvalue weighted by molar-refractivity contribution is -0.144. The topological polar surface area (TPSA) is 90.3 Å². The van der Waals surface area contributed by atoms with Crippen LogP contribution in [0, 0.1) is 0 Å². The maximum absolute atomic E-state index is 12.0. The smallest absolute Gasteiger partial charge is 0.328 e. The summed E-state index contributed by atoms with van der Waals surface area (Å²) in [7, 11) is 2.79. The standard InChI is InChI=1S/C15H17N3O4/c1-9(15(21)22-3)16-13(19)8-12-10-6-4-5-7-11(10)14(20)18(2)17-12/h4-7,9H,8H2,1-3H3,(H,16,19)/t9-/m1/s1. The molecule has 116 valence electrons. The first-order chi connectivity index (χ1) is 10.4. The van der Waals surface area contributed by atoms with E-state index in [1.807, 2.05) is 0 Å². The zero-order valence-electron chi connectivity index (χ0n) is 12.6. The third-order valence-corrected chi connectivity index (χ3v) is 3.29. The van der Waals surface area contributed by atoms with Gasteiger partial charge in [0.25, 0.3) is 5.56 Å². The van der Waals surface area contributed by atoms with E-state index in [0.717, 1.165) is 0 Å². The number of hydrogen-bond donors (Lipinski definition) is 1. The molecule has 22 heavy (non-hydrogen) atoms. The van der Waals surface area contributed by atoms with Crippen LogP contribution in [0.3, 0.4) is 0 Å². The number of hydrogen-bond acceptors (Lipinski definition) is 5. The molecule has 0 radical (unpaired) electrons. The van der Waals surface area contributed by atoms with Crippen LogP contribution in [0.5, 0.6) is 0 Å². The van der Waals surface area contributed by atoms with Gasteiger partial charge in [-0.25, -0.2) is 9.48 Å². The summed E-state index contributed by atoms with van der Waals surface area (Å²) in [6.07, 6.45) is -0.0318. The third-order valence-electron chi connectivity index (χ3n) is 3.29. The Balaban J connectivity index is 2.29. The average Bonchev–Trinajstić information content (AvgIpc) is 2.51. The fourth-order valence-electron chi connectivity index (χ4n) is 2.19. The van der Waals surface area contributed by atoms with Gasteiger partial charge in [-0.2, -0.15) is 5.10 Å². The number of carbonyl (C=O) groups is 2. The van der Waals surface area contributed by atoms with Crippen molar-refractivity contribution in [3.63, 3.8) is 0 Å². The molecular weight excluding hydrogens is 286 g/mol. The van der Waals surface area contributed by atoms with Gasteiger partial charge in [0.05, 0.1) is 24.6 Å². The summed E-state index contributed by atoms with van der Waals surface area (Å²) in [4.78, 5) is 35.4. The lowest BCUT2D eigenvalue weighted by Gasteiger charge is -2.12. The molecule has 0 bridgehead atoms. The van der Waals surface area contributed by atoms with Crippen LogP contribution in [0.2, 0.25) is 0 Å². The number of fused-ring (bicyclic) bond motifs is 1. The Kier molecular flexibility index (Phi) is 4.55. The molecule has 0 saturated heterocycles. The molecule has 0 unspecified atom stereocenters. The van der Waals surface area contributed by atoms with E-state index in [1.165, 1.54) is 25.8 Å². The Hall–Kier alpha value is -2.70. The van der Waals surface area contributed by atoms with Crippen molar-refractivity contribution < 1.29 is 14.3 Å². The molecular formula is C15H17N3O4. The molecule has 0 fully saturated rings. The predicted octanol–water partition coefficient (Wildman–Crippen LogP) is 0.154. The highest BCUT2D eigenvalue weighted by atomic mass is 16.5. The van der Waals surface area contributed by atoms with E-state index in [4.69, 9.17) is 0 Å². The van der Waals surface area contributed by atoms with Crippen LogP contribution >= 0.6 is 0 Å². The first kappa shape index (κ1) is 15.7. The molecule has 7 heteroatoms. The molecule has 1 heterocycles. The number of nitrogens with zero attached hydrogens (tertiary/aromatic N) is 2. The third kappa shape index (κ3) is 3.13. The van der Waals surface area contributed by atoms with Crippen LogP contribution in [-0.4, -0.2) is 34.8 Å². The van der Waals surface area contributed by atoms with Crippen LogP contribution < -0.4 is 10.9 Å². The minimum absolute atomic E-state index is 0.0318. The van der Waals surface area contributed by atoms with Crippen molar-refractivity contribution >= 4 is 22.6 Å². The largest absolute Gasteiger partial charge is 0.467 e. The normalized spacial score (nSPS) is 12.0. The van der Waals surface area contributed by atoms with Crippen LogP contribution in [0.25, 0.3) is 10.8 Å². The number of aryl methyl sites for hydroxylation is 1. The molecule has 0 spiro atoms. The Labute approximate surface area is 126 Å². The van der Waals surface area contributed by atoms with Gasteiger partial charge in [0, 0.05) is 12.4 Å². The minimum atomic E-state index is -0.740. The molecule has 0 aliphatic carbocycles. The van der Waals surface area contributed by atoms with E-state index in [9.17, 15) is 14.4 Å². The molecule has 1 aromatic carbocycles. The SMILES string of the molecule is COC(=O)[C@@H](C)NC(=O)Cc1nn(C)c(=O)c2ccccc12. The van der Waals surface area contributed by atoms with Gasteiger partial charge < -0.3 is 10.1 Å². The monoisotopic (exact) mass is 303 g/mol. The van der Waals surface area contributed by atoms with E-state index in [1.54, 1.807) is 24.3 Å². The van der Waals surface area contributed by atoms with Gasteiger partial charge >= 0.3 is 5.97 Å². The van der Waals surface area contributed by atoms with Gasteiger partial charge in [-0.1, -0.05) is 18.2 Å². The molecule has 1 aromatic heterocycles. The molecule has 0 saturated carbocycles. The second-order valence-corrected chi connectivity index (χ2v) is 4.91. The number of aromatic nitrogens is 2. The summed E-state index contributed by atoms with van der Waals surface area (Å²) in [5, 5.41) is 7.81. The molecule has 1 amide bonds. The van der Waals surface area contributed by atoms with Crippen molar-refractivity contribution in [2.75, 3.05) is 7.11 Å². The summed E-state index contributed by atoms with van der Waals surface area (Å²) in [5.74, 6) is -0.888. The fraction of sp³-hybridized carbons (Fsp3) is 0.333. The maximum atomic E-state index is 12.0. The first-order valence-electron chi connectivity index (χ1n) is 6.76. The quantitative estimate of drug-likeness (QED) is 0.812. The molecule has 1 N–H and O–H groups in total. The second kappa shape index (κ2) is 6.38. The summed E-state index contributed by atoms with van der Waals surface area (Å²) < 4.78 is 5.76. The molecule has 0 aliphatic rings. The van der Waals surface area contributed by atoms with E-state index in [-0.39, 0.29) is 17.9 Å². The lowest BCUT2D eigenvalue weighted by Crippen LogP contribution is -2.40. The van der Waals surface area contributed by atoms with Crippen molar-refractivity contribution in [2.45, 2.75) is 19.4 Å². The van der Waals surface area contributed by atoms with Gasteiger partial charge in [0.15, 0.2) is 0 Å². The van der Waals surface area contributed by atoms with E-state index in [0.29, 0.717) is 16.5 Å². The summed E-state index contributed by atoms with van der Waals surface area (Å²) in [5.41, 5.74) is 0.259. The highest BCUT2D eigenvalue weighted by molar-refractivity contribution is 5.90. The minimum Gasteiger partial charge on any atom is -0.467 e. The number of nitrogens with one attached hydrogen (secondary N) is 1. The molecule has 0 aliphatic heterocycles. The highest BCUT2D eigenvalue weighted by Crippen LogP contribution is 2.13. The molecule has 2 rings (SSSR count). The van der Waals surface area contributed by atoms with Crippen LogP contribution in [0.1, 0.15) is 12.6 Å². The predicted molar refractivity (Wildman–Crippen MR) is 80.3 cm³/mol. The fourth-order valence-corrected chi connectivity index (χ4v) is 2.19. The van der Waals surface area contributed by atoms with Crippen LogP contribution in [-0.2, 0) is 27.8 Å². The number of methoxy groups -OCH3 is 1. The number of carbonyl (C=O) groups excluding carboxylic acids is 2. The first-order valence-corrected chi connectivity index (χ1v) is 6.76. The number of benzene rings is 1. The average molecular weight is 303 g/mol. The van der Waals surface area contributed by atoms with Gasteiger partial charge in [-0.15, -0.1) is 0 Å². The number of amides is 1. The molecule has 7 nitrogen and oxygen atoms in total. The highest BCUT2D eigenvalue weighted by Gasteiger charge is 2.18. The maximum Gasteiger partial charge on any atom is 0.328 e. The van der Waals surface area contributed by atoms with Crippen molar-refractivity contribution in [1.29, 1.82) is 0 Å². The Morgan fingerprint density at radius 2 is 1.95 bits per heavy atom. The summed E-state index contributed by atoms with van der Waals surface area (Å²) in [6.45, 7) is 1.54. The van der Waals surface area contributed by atoms with Crippen molar-refractivity contribution in [3.05, 3.63) is 40.3 Å². The van der Waals surface area contributed by atoms with E-state index in [2.05, 4.69) is 15.2 Å². The lowest BCUT2D eigenvalue weighted by atomic mass is 10.1. The van der Waals surface area contributed by atoms with E-state index >= 15 is 0 Å². The van der Waals surface area contributed by atoms with Crippen molar-refractivity contribution in [1.82, 2.24) is 15.1 Å². The van der Waals surface area contributed by atoms with Crippen molar-refractivity contribution in [3.8, 4) is 0 Å². The van der Waals surface area contributed by atoms with Gasteiger partial charge in [-0.05, 0) is 13.0 Å². The van der Waals surface area contributed by atoms with Gasteiger partial charge in [0.2, 0.25) is 5.91 Å². The van der Waals surface area contributed by atoms with Crippen LogP contribution in [0.15, 0.2) is 29.1 Å².